The van der Waals surface area contributed by atoms with E-state index < -0.39 is 47.8 Å². The molecule has 0 heterocycles. The van der Waals surface area contributed by atoms with Gasteiger partial charge in [-0.15, -0.1) is 0 Å². The molecule has 0 saturated heterocycles. The van der Waals surface area contributed by atoms with Gasteiger partial charge in [0.05, 0.1) is 44.5 Å². The van der Waals surface area contributed by atoms with Crippen molar-refractivity contribution in [1.29, 1.82) is 0 Å². The van der Waals surface area contributed by atoms with Crippen molar-refractivity contribution < 1.29 is 79.2 Å². The van der Waals surface area contributed by atoms with Crippen molar-refractivity contribution >= 4 is 58.9 Å². The predicted octanol–water partition coefficient (Wildman–Crippen LogP) is 9.88. The van der Waals surface area contributed by atoms with Crippen molar-refractivity contribution in [3.8, 4) is 47.4 Å². The molecule has 8 N–H and O–H groups in total. The Bertz CT molecular complexity index is 3640. The molecule has 396 valence electrons. The van der Waals surface area contributed by atoms with E-state index in [1.54, 1.807) is 97.1 Å². The van der Waals surface area contributed by atoms with Gasteiger partial charge in [-0.3, -0.25) is 0 Å². The first-order valence-corrected chi connectivity index (χ1v) is 23.9. The number of hydrogen-bond donors (Lipinski definition) is 8. The molecule has 0 saturated carbocycles. The molecule has 0 fully saturated rings. The first kappa shape index (κ1) is 55.7. The van der Waals surface area contributed by atoms with Gasteiger partial charge in [0.15, 0.2) is 0 Å². The Morgan fingerprint density at radius 1 is 0.183 bits per heavy atom. The van der Waals surface area contributed by atoms with E-state index in [-0.39, 0.29) is 66.8 Å². The molecular weight excluding hydrogens is 1050 g/mol. The van der Waals surface area contributed by atoms with Crippen molar-refractivity contribution in [2.75, 3.05) is 0 Å². The standard InChI is InChI=1S/C66H36O16/c67-59(68)49-25-41(26-50(33-49)60(69)70)5-1-37-9-17-45(18-10-37)57(46-19-11-38(12-20-46)2-6-42-27-51(61(71)72)34-52(28-42)62(73)74)58(47-21-13-39(14-22-47)3-7-43-29-53(63(75)76)35-54(30-43)64(77)78)48-23-15-40(16-24-48)4-8-44-31-55(65(79)80)36-56(32-44)66(81)82/h9-36H,(H,67,68)(H,69,70)(H,71,72)(H,73,74)(H,75,76)(H,77,78)(H,79,80)(H,81,82). The highest BCUT2D eigenvalue weighted by atomic mass is 16.4. The fraction of sp³-hybridized carbons (Fsp3) is 0. The molecule has 8 aromatic carbocycles. The lowest BCUT2D eigenvalue weighted by Gasteiger charge is -2.18. The van der Waals surface area contributed by atoms with Crippen LogP contribution in [-0.2, 0) is 0 Å². The fourth-order valence-electron chi connectivity index (χ4n) is 8.16. The van der Waals surface area contributed by atoms with E-state index in [0.29, 0.717) is 55.7 Å². The van der Waals surface area contributed by atoms with Gasteiger partial charge in [0.2, 0.25) is 0 Å². The van der Waals surface area contributed by atoms with Gasteiger partial charge in [-0.05, 0) is 155 Å². The third-order valence-electron chi connectivity index (χ3n) is 12.1. The molecule has 0 bridgehead atoms. The van der Waals surface area contributed by atoms with Crippen LogP contribution in [0, 0.1) is 47.4 Å². The summed E-state index contributed by atoms with van der Waals surface area (Å²) in [7, 11) is 0. The quantitative estimate of drug-likeness (QED) is 0.0417. The van der Waals surface area contributed by atoms with Crippen LogP contribution in [-0.4, -0.2) is 88.6 Å². The molecule has 82 heavy (non-hydrogen) atoms. The Hall–Kier alpha value is -12.5. The number of benzene rings is 8. The van der Waals surface area contributed by atoms with E-state index in [9.17, 15) is 79.2 Å². The van der Waals surface area contributed by atoms with Gasteiger partial charge in [0.1, 0.15) is 0 Å². The molecule has 8 rings (SSSR count). The van der Waals surface area contributed by atoms with Crippen molar-refractivity contribution in [3.05, 3.63) is 281 Å². The zero-order valence-electron chi connectivity index (χ0n) is 42.0. The number of hydrogen-bond acceptors (Lipinski definition) is 8. The van der Waals surface area contributed by atoms with Crippen LogP contribution in [0.4, 0.5) is 0 Å². The van der Waals surface area contributed by atoms with Gasteiger partial charge in [-0.25, -0.2) is 38.4 Å². The zero-order chi connectivity index (χ0) is 58.8. The molecule has 0 spiro atoms. The van der Waals surface area contributed by atoms with E-state index in [1.165, 1.54) is 48.5 Å². The van der Waals surface area contributed by atoms with Crippen molar-refractivity contribution in [2.24, 2.45) is 0 Å². The van der Waals surface area contributed by atoms with Crippen LogP contribution in [0.3, 0.4) is 0 Å². The average molecular weight is 1080 g/mol. The molecule has 0 unspecified atom stereocenters. The summed E-state index contributed by atoms with van der Waals surface area (Å²) in [5, 5.41) is 76.9. The first-order valence-electron chi connectivity index (χ1n) is 23.9. The van der Waals surface area contributed by atoms with Crippen molar-refractivity contribution in [2.45, 2.75) is 0 Å². The summed E-state index contributed by atoms with van der Waals surface area (Å²) in [4.78, 5) is 94.4. The Morgan fingerprint density at radius 3 is 0.451 bits per heavy atom. The normalized spacial score (nSPS) is 10.1. The summed E-state index contributed by atoms with van der Waals surface area (Å²) in [6, 6.07) is 42.0. The molecule has 0 aliphatic heterocycles. The number of carboxylic acid groups (broad SMARTS) is 8. The largest absolute Gasteiger partial charge is 0.478 e. The Balaban J connectivity index is 1.30. The smallest absolute Gasteiger partial charge is 0.335 e. The SMILES string of the molecule is O=C(O)c1cc(C#Cc2ccc(C(=C(c3ccc(C#Cc4cc(C(=O)O)cc(C(=O)O)c4)cc3)c3ccc(C#Cc4cc(C(=O)O)cc(C(=O)O)c4)cc3)c3ccc(C#Cc4cc(C(=O)O)cc(C(=O)O)c4)cc3)cc2)cc(C(=O)O)c1. The van der Waals surface area contributed by atoms with Crippen LogP contribution in [0.1, 0.15) is 150 Å². The third-order valence-corrected chi connectivity index (χ3v) is 12.1. The molecule has 16 nitrogen and oxygen atoms in total. The highest BCUT2D eigenvalue weighted by Crippen LogP contribution is 2.37. The number of carbonyl (C=O) groups is 8. The second-order valence-corrected chi connectivity index (χ2v) is 17.7. The predicted molar refractivity (Wildman–Crippen MR) is 296 cm³/mol. The highest BCUT2D eigenvalue weighted by molar-refractivity contribution is 6.05. The summed E-state index contributed by atoms with van der Waals surface area (Å²) >= 11 is 0. The zero-order valence-corrected chi connectivity index (χ0v) is 42.0. The van der Waals surface area contributed by atoms with Crippen LogP contribution >= 0.6 is 0 Å². The Morgan fingerprint density at radius 2 is 0.317 bits per heavy atom. The summed E-state index contributed by atoms with van der Waals surface area (Å²) in [6.45, 7) is 0. The fourth-order valence-corrected chi connectivity index (χ4v) is 8.16. The summed E-state index contributed by atoms with van der Waals surface area (Å²) in [5.74, 6) is 12.6. The lowest BCUT2D eigenvalue weighted by molar-refractivity contribution is 0.0676. The summed E-state index contributed by atoms with van der Waals surface area (Å²) in [6.07, 6.45) is 0. The highest BCUT2D eigenvalue weighted by Gasteiger charge is 2.19. The van der Waals surface area contributed by atoms with E-state index >= 15 is 0 Å². The first-order chi connectivity index (χ1) is 39.2. The number of rotatable bonds is 12. The van der Waals surface area contributed by atoms with Crippen LogP contribution in [0.25, 0.3) is 11.1 Å². The lowest BCUT2D eigenvalue weighted by atomic mass is 9.85. The Labute approximate surface area is 464 Å². The minimum atomic E-state index is -1.34. The molecule has 0 aliphatic rings. The minimum absolute atomic E-state index is 0.142. The van der Waals surface area contributed by atoms with E-state index in [0.717, 1.165) is 24.3 Å². The van der Waals surface area contributed by atoms with Crippen molar-refractivity contribution in [1.82, 2.24) is 0 Å². The summed E-state index contributed by atoms with van der Waals surface area (Å²) < 4.78 is 0. The molecule has 0 atom stereocenters. The van der Waals surface area contributed by atoms with Crippen LogP contribution in [0.5, 0.6) is 0 Å². The molecule has 8 aromatic rings. The molecule has 0 radical (unpaired) electrons. The Kier molecular flexibility index (Phi) is 16.5. The van der Waals surface area contributed by atoms with Crippen LogP contribution in [0.15, 0.2) is 170 Å². The van der Waals surface area contributed by atoms with Gasteiger partial charge in [-0.1, -0.05) is 95.9 Å². The molecule has 0 amide bonds. The number of aromatic carboxylic acids is 8. The average Bonchev–Trinajstić information content (AvgIpc) is 3.58. The second-order valence-electron chi connectivity index (χ2n) is 17.7. The van der Waals surface area contributed by atoms with Gasteiger partial charge in [0.25, 0.3) is 0 Å². The molecule has 0 aliphatic carbocycles. The van der Waals surface area contributed by atoms with Crippen LogP contribution < -0.4 is 0 Å². The monoisotopic (exact) mass is 1080 g/mol. The second kappa shape index (κ2) is 24.2. The van der Waals surface area contributed by atoms with E-state index in [2.05, 4.69) is 47.4 Å². The summed E-state index contributed by atoms with van der Waals surface area (Å²) in [5.41, 5.74) is 4.04. The lowest BCUT2D eigenvalue weighted by Crippen LogP contribution is -2.03. The van der Waals surface area contributed by atoms with Gasteiger partial charge >= 0.3 is 47.8 Å². The van der Waals surface area contributed by atoms with E-state index in [4.69, 9.17) is 0 Å². The van der Waals surface area contributed by atoms with Crippen molar-refractivity contribution in [3.63, 3.8) is 0 Å². The number of carboxylic acids is 8. The van der Waals surface area contributed by atoms with E-state index in [1.807, 2.05) is 0 Å². The maximum absolute atomic E-state index is 11.8. The minimum Gasteiger partial charge on any atom is -0.478 e. The molecular formula is C66H36O16. The maximum atomic E-state index is 11.8. The third kappa shape index (κ3) is 13.7. The van der Waals surface area contributed by atoms with Gasteiger partial charge < -0.3 is 40.9 Å². The van der Waals surface area contributed by atoms with Crippen LogP contribution in [0.2, 0.25) is 0 Å². The molecule has 0 aromatic heterocycles. The van der Waals surface area contributed by atoms with Gasteiger partial charge in [-0.2, -0.15) is 0 Å². The van der Waals surface area contributed by atoms with Gasteiger partial charge in [0, 0.05) is 44.5 Å². The topological polar surface area (TPSA) is 298 Å². The maximum Gasteiger partial charge on any atom is 0.335 e. The molecule has 16 heteroatoms.